The van der Waals surface area contributed by atoms with E-state index in [1.807, 2.05) is 24.4 Å². The van der Waals surface area contributed by atoms with Gasteiger partial charge >= 0.3 is 0 Å². The summed E-state index contributed by atoms with van der Waals surface area (Å²) in [4.78, 5) is 4.27. The second-order valence-electron chi connectivity index (χ2n) is 4.70. The lowest BCUT2D eigenvalue weighted by molar-refractivity contribution is 0.790. The summed E-state index contributed by atoms with van der Waals surface area (Å²) in [5, 5.41) is 6.73. The van der Waals surface area contributed by atoms with Crippen LogP contribution in [-0.2, 0) is 6.42 Å². The molecule has 1 atom stereocenters. The van der Waals surface area contributed by atoms with E-state index in [-0.39, 0.29) is 0 Å². The van der Waals surface area contributed by atoms with Crippen LogP contribution >= 0.6 is 0 Å². The van der Waals surface area contributed by atoms with Crippen LogP contribution in [0.4, 0.5) is 11.5 Å². The molecular weight excluding hydrogens is 234 g/mol. The zero-order valence-electron chi connectivity index (χ0n) is 11.6. The van der Waals surface area contributed by atoms with E-state index in [0.717, 1.165) is 24.5 Å². The monoisotopic (exact) mass is 255 g/mol. The summed E-state index contributed by atoms with van der Waals surface area (Å²) in [6.45, 7) is 5.15. The largest absolute Gasteiger partial charge is 0.382 e. The van der Waals surface area contributed by atoms with Crippen LogP contribution in [0.25, 0.3) is 0 Å². The van der Waals surface area contributed by atoms with Gasteiger partial charge in [-0.2, -0.15) is 0 Å². The lowest BCUT2D eigenvalue weighted by Crippen LogP contribution is -2.18. The Morgan fingerprint density at radius 1 is 1.16 bits per heavy atom. The lowest BCUT2D eigenvalue weighted by atomic mass is 10.1. The lowest BCUT2D eigenvalue weighted by Gasteiger charge is -2.16. The fourth-order valence-corrected chi connectivity index (χ4v) is 2.10. The van der Waals surface area contributed by atoms with E-state index < -0.39 is 0 Å². The van der Waals surface area contributed by atoms with Crippen LogP contribution in [0.3, 0.4) is 0 Å². The molecule has 3 heteroatoms. The molecule has 0 aliphatic carbocycles. The maximum Gasteiger partial charge on any atom is 0.127 e. The molecule has 2 aromatic rings. The third-order valence-corrected chi connectivity index (χ3v) is 2.92. The highest BCUT2D eigenvalue weighted by Gasteiger charge is 2.04. The summed E-state index contributed by atoms with van der Waals surface area (Å²) in [5.74, 6) is 0.916. The quantitative estimate of drug-likeness (QED) is 0.828. The molecular formula is C16H21N3. The van der Waals surface area contributed by atoms with Crippen LogP contribution in [0.2, 0.25) is 0 Å². The summed E-state index contributed by atoms with van der Waals surface area (Å²) >= 11 is 0. The minimum atomic E-state index is 0.388. The van der Waals surface area contributed by atoms with Gasteiger partial charge in [0.2, 0.25) is 0 Å². The third kappa shape index (κ3) is 4.28. The summed E-state index contributed by atoms with van der Waals surface area (Å²) in [6.07, 6.45) is 2.84. The SMILES string of the molecule is CCNc1cc(NC(C)Cc2ccccc2)ccn1. The number of nitrogens with zero attached hydrogens (tertiary/aromatic N) is 1. The average molecular weight is 255 g/mol. The highest BCUT2D eigenvalue weighted by atomic mass is 15.0. The van der Waals surface area contributed by atoms with Crippen molar-refractivity contribution in [3.63, 3.8) is 0 Å². The minimum Gasteiger partial charge on any atom is -0.382 e. The summed E-state index contributed by atoms with van der Waals surface area (Å²) in [5.41, 5.74) is 2.46. The molecule has 0 fully saturated rings. The van der Waals surface area contributed by atoms with Gasteiger partial charge in [-0.3, -0.25) is 0 Å². The van der Waals surface area contributed by atoms with Crippen LogP contribution in [0, 0.1) is 0 Å². The molecule has 0 aliphatic rings. The molecule has 2 rings (SSSR count). The van der Waals surface area contributed by atoms with Crippen molar-refractivity contribution in [1.29, 1.82) is 0 Å². The van der Waals surface area contributed by atoms with E-state index in [1.54, 1.807) is 0 Å². The number of rotatable bonds is 6. The van der Waals surface area contributed by atoms with Crippen molar-refractivity contribution < 1.29 is 0 Å². The topological polar surface area (TPSA) is 37.0 Å². The second kappa shape index (κ2) is 6.78. The van der Waals surface area contributed by atoms with E-state index in [1.165, 1.54) is 5.56 Å². The molecule has 2 N–H and O–H groups in total. The van der Waals surface area contributed by atoms with Gasteiger partial charge in [0, 0.05) is 30.5 Å². The first-order valence-electron chi connectivity index (χ1n) is 6.78. The molecule has 0 bridgehead atoms. The molecule has 1 aromatic carbocycles. The van der Waals surface area contributed by atoms with Gasteiger partial charge in [0.1, 0.15) is 5.82 Å². The van der Waals surface area contributed by atoms with Crippen LogP contribution in [0.1, 0.15) is 19.4 Å². The molecule has 1 aromatic heterocycles. The highest BCUT2D eigenvalue weighted by Crippen LogP contribution is 2.14. The molecule has 0 saturated carbocycles. The first-order valence-corrected chi connectivity index (χ1v) is 6.78. The molecule has 3 nitrogen and oxygen atoms in total. The van der Waals surface area contributed by atoms with Crippen molar-refractivity contribution >= 4 is 11.5 Å². The van der Waals surface area contributed by atoms with Gasteiger partial charge < -0.3 is 10.6 Å². The van der Waals surface area contributed by atoms with Crippen molar-refractivity contribution in [2.75, 3.05) is 17.2 Å². The average Bonchev–Trinajstić information content (AvgIpc) is 2.40. The fraction of sp³-hybridized carbons (Fsp3) is 0.312. The van der Waals surface area contributed by atoms with E-state index in [0.29, 0.717) is 6.04 Å². The van der Waals surface area contributed by atoms with Crippen LogP contribution in [0.15, 0.2) is 48.7 Å². The zero-order chi connectivity index (χ0) is 13.5. The predicted octanol–water partition coefficient (Wildman–Crippen LogP) is 3.56. The Bertz CT molecular complexity index is 496. The van der Waals surface area contributed by atoms with E-state index in [9.17, 15) is 0 Å². The normalized spacial score (nSPS) is 11.9. The van der Waals surface area contributed by atoms with Gasteiger partial charge in [0.25, 0.3) is 0 Å². The van der Waals surface area contributed by atoms with E-state index in [4.69, 9.17) is 0 Å². The van der Waals surface area contributed by atoms with E-state index >= 15 is 0 Å². The van der Waals surface area contributed by atoms with Gasteiger partial charge in [-0.15, -0.1) is 0 Å². The van der Waals surface area contributed by atoms with Crippen LogP contribution in [-0.4, -0.2) is 17.6 Å². The molecule has 0 amide bonds. The summed E-state index contributed by atoms with van der Waals surface area (Å²) < 4.78 is 0. The molecule has 1 unspecified atom stereocenters. The van der Waals surface area contributed by atoms with Crippen molar-refractivity contribution in [3.8, 4) is 0 Å². The Hall–Kier alpha value is -2.03. The molecule has 1 heterocycles. The Morgan fingerprint density at radius 2 is 1.95 bits per heavy atom. The number of aromatic nitrogens is 1. The van der Waals surface area contributed by atoms with E-state index in [2.05, 4.69) is 53.7 Å². The molecule has 0 aliphatic heterocycles. The number of hydrogen-bond acceptors (Lipinski definition) is 3. The van der Waals surface area contributed by atoms with Gasteiger partial charge in [-0.1, -0.05) is 30.3 Å². The second-order valence-corrected chi connectivity index (χ2v) is 4.70. The van der Waals surface area contributed by atoms with Crippen molar-refractivity contribution in [1.82, 2.24) is 4.98 Å². The maximum absolute atomic E-state index is 4.27. The Morgan fingerprint density at radius 3 is 2.68 bits per heavy atom. The van der Waals surface area contributed by atoms with Gasteiger partial charge in [-0.25, -0.2) is 4.98 Å². The summed E-state index contributed by atoms with van der Waals surface area (Å²) in [6, 6.07) is 15.0. The van der Waals surface area contributed by atoms with Crippen molar-refractivity contribution in [2.24, 2.45) is 0 Å². The van der Waals surface area contributed by atoms with Crippen LogP contribution in [0.5, 0.6) is 0 Å². The Balaban J connectivity index is 1.95. The number of pyridine rings is 1. The predicted molar refractivity (Wildman–Crippen MR) is 81.6 cm³/mol. The van der Waals surface area contributed by atoms with Gasteiger partial charge in [-0.05, 0) is 31.9 Å². The maximum atomic E-state index is 4.27. The minimum absolute atomic E-state index is 0.388. The Labute approximate surface area is 115 Å². The van der Waals surface area contributed by atoms with Crippen molar-refractivity contribution in [3.05, 3.63) is 54.2 Å². The zero-order valence-corrected chi connectivity index (χ0v) is 11.6. The fourth-order valence-electron chi connectivity index (χ4n) is 2.10. The Kier molecular flexibility index (Phi) is 4.78. The molecule has 19 heavy (non-hydrogen) atoms. The smallest absolute Gasteiger partial charge is 0.127 e. The number of benzene rings is 1. The molecule has 0 saturated heterocycles. The standard InChI is InChI=1S/C16H21N3/c1-3-17-16-12-15(9-10-18-16)19-13(2)11-14-7-5-4-6-8-14/h4-10,12-13H,3,11H2,1-2H3,(H2,17,18,19). The number of hydrogen-bond donors (Lipinski definition) is 2. The highest BCUT2D eigenvalue weighted by molar-refractivity contribution is 5.52. The van der Waals surface area contributed by atoms with Gasteiger partial charge in [0.15, 0.2) is 0 Å². The number of nitrogens with one attached hydrogen (secondary N) is 2. The van der Waals surface area contributed by atoms with Crippen LogP contribution < -0.4 is 10.6 Å². The third-order valence-electron chi connectivity index (χ3n) is 2.92. The first kappa shape index (κ1) is 13.4. The van der Waals surface area contributed by atoms with Gasteiger partial charge in [0.05, 0.1) is 0 Å². The summed E-state index contributed by atoms with van der Waals surface area (Å²) in [7, 11) is 0. The molecule has 0 spiro atoms. The molecule has 0 radical (unpaired) electrons. The molecule has 100 valence electrons. The van der Waals surface area contributed by atoms with Crippen molar-refractivity contribution in [2.45, 2.75) is 26.3 Å². The number of anilines is 2. The first-order chi connectivity index (χ1) is 9.28.